The zero-order valence-corrected chi connectivity index (χ0v) is 11.3. The van der Waals surface area contributed by atoms with Gasteiger partial charge in [-0.1, -0.05) is 6.07 Å². The molecule has 2 fully saturated rings. The van der Waals surface area contributed by atoms with Gasteiger partial charge in [-0.3, -0.25) is 0 Å². The van der Waals surface area contributed by atoms with E-state index >= 15 is 0 Å². The maximum absolute atomic E-state index is 13.6. The van der Waals surface area contributed by atoms with Crippen LogP contribution < -0.4 is 5.32 Å². The molecule has 1 atom stereocenters. The molecule has 0 aliphatic heterocycles. The smallest absolute Gasteiger partial charge is 0.129 e. The van der Waals surface area contributed by atoms with E-state index in [4.69, 9.17) is 0 Å². The van der Waals surface area contributed by atoms with Crippen molar-refractivity contribution in [3.8, 4) is 0 Å². The van der Waals surface area contributed by atoms with Crippen molar-refractivity contribution in [3.05, 3.63) is 35.4 Å². The van der Waals surface area contributed by atoms with E-state index in [1.807, 2.05) is 6.92 Å². The average Bonchev–Trinajstić information content (AvgIpc) is 3.25. The monoisotopic (exact) mass is 265 g/mol. The highest BCUT2D eigenvalue weighted by Gasteiger charge is 2.41. The van der Waals surface area contributed by atoms with Gasteiger partial charge in [-0.2, -0.15) is 0 Å². The standard InChI is InChI=1S/C16H21F2N/c1-10(9-13-14(17)3-2-4-15(13)18)19-16(11-5-6-11)12-7-8-12/h2-4,10-12,16,19H,5-9H2,1H3. The summed E-state index contributed by atoms with van der Waals surface area (Å²) in [6, 6.07) is 4.79. The molecule has 1 nitrogen and oxygen atoms in total. The van der Waals surface area contributed by atoms with Crippen molar-refractivity contribution in [1.29, 1.82) is 0 Å². The third kappa shape index (κ3) is 3.14. The summed E-state index contributed by atoms with van der Waals surface area (Å²) in [6.45, 7) is 2.03. The van der Waals surface area contributed by atoms with Gasteiger partial charge >= 0.3 is 0 Å². The fraction of sp³-hybridized carbons (Fsp3) is 0.625. The molecule has 0 saturated heterocycles. The van der Waals surface area contributed by atoms with Crippen LogP contribution in [0.3, 0.4) is 0 Å². The van der Waals surface area contributed by atoms with Gasteiger partial charge < -0.3 is 5.32 Å². The molecule has 0 spiro atoms. The summed E-state index contributed by atoms with van der Waals surface area (Å²) in [5, 5.41) is 3.61. The van der Waals surface area contributed by atoms with E-state index < -0.39 is 11.6 Å². The van der Waals surface area contributed by atoms with Crippen molar-refractivity contribution in [2.45, 2.75) is 51.1 Å². The highest BCUT2D eigenvalue weighted by Crippen LogP contribution is 2.44. The maximum Gasteiger partial charge on any atom is 0.129 e. The molecule has 1 aromatic rings. The van der Waals surface area contributed by atoms with Crippen LogP contribution in [0.1, 0.15) is 38.2 Å². The van der Waals surface area contributed by atoms with E-state index in [-0.39, 0.29) is 11.6 Å². The molecule has 0 heterocycles. The molecule has 1 N–H and O–H groups in total. The number of nitrogens with one attached hydrogen (secondary N) is 1. The normalized spacial score (nSPS) is 20.8. The van der Waals surface area contributed by atoms with E-state index in [9.17, 15) is 8.78 Å². The molecule has 104 valence electrons. The molecule has 1 aromatic carbocycles. The first-order valence-electron chi connectivity index (χ1n) is 7.34. The Morgan fingerprint density at radius 1 is 1.11 bits per heavy atom. The summed E-state index contributed by atoms with van der Waals surface area (Å²) in [4.78, 5) is 0. The second-order valence-corrected chi connectivity index (χ2v) is 6.17. The fourth-order valence-corrected chi connectivity index (χ4v) is 2.99. The molecule has 2 aliphatic rings. The summed E-state index contributed by atoms with van der Waals surface area (Å²) in [6.07, 6.45) is 5.68. The molecule has 1 unspecified atom stereocenters. The molecule has 0 aromatic heterocycles. The fourth-order valence-electron chi connectivity index (χ4n) is 2.99. The summed E-state index contributed by atoms with van der Waals surface area (Å²) in [5.41, 5.74) is 0.216. The molecule has 3 heteroatoms. The Labute approximate surface area is 113 Å². The largest absolute Gasteiger partial charge is 0.311 e. The summed E-state index contributed by atoms with van der Waals surface area (Å²) >= 11 is 0. The lowest BCUT2D eigenvalue weighted by molar-refractivity contribution is 0.366. The van der Waals surface area contributed by atoms with E-state index in [1.54, 1.807) is 0 Å². The topological polar surface area (TPSA) is 12.0 Å². The van der Waals surface area contributed by atoms with Gasteiger partial charge in [0.25, 0.3) is 0 Å². The predicted octanol–water partition coefficient (Wildman–Crippen LogP) is 3.67. The highest BCUT2D eigenvalue weighted by molar-refractivity contribution is 5.20. The Kier molecular flexibility index (Phi) is 3.57. The molecule has 2 saturated carbocycles. The first-order chi connectivity index (χ1) is 9.15. The number of benzene rings is 1. The quantitative estimate of drug-likeness (QED) is 0.827. The summed E-state index contributed by atoms with van der Waals surface area (Å²) in [7, 11) is 0. The predicted molar refractivity (Wildman–Crippen MR) is 71.9 cm³/mol. The minimum atomic E-state index is -0.428. The molecule has 0 radical (unpaired) electrons. The van der Waals surface area contributed by atoms with Crippen LogP contribution in [0, 0.1) is 23.5 Å². The van der Waals surface area contributed by atoms with Gasteiger partial charge in [-0.25, -0.2) is 8.78 Å². The van der Waals surface area contributed by atoms with Gasteiger partial charge in [0, 0.05) is 17.6 Å². The first-order valence-corrected chi connectivity index (χ1v) is 7.34. The molecule has 2 aliphatic carbocycles. The SMILES string of the molecule is CC(Cc1c(F)cccc1F)NC(C1CC1)C1CC1. The zero-order chi connectivity index (χ0) is 13.4. The van der Waals surface area contributed by atoms with Crippen molar-refractivity contribution >= 4 is 0 Å². The molecule has 0 amide bonds. The van der Waals surface area contributed by atoms with Gasteiger partial charge in [0.1, 0.15) is 11.6 Å². The van der Waals surface area contributed by atoms with Crippen molar-refractivity contribution in [2.75, 3.05) is 0 Å². The van der Waals surface area contributed by atoms with Crippen LogP contribution in [-0.4, -0.2) is 12.1 Å². The van der Waals surface area contributed by atoms with Crippen LogP contribution in [0.4, 0.5) is 8.78 Å². The van der Waals surface area contributed by atoms with Crippen molar-refractivity contribution in [2.24, 2.45) is 11.8 Å². The van der Waals surface area contributed by atoms with Crippen molar-refractivity contribution < 1.29 is 8.78 Å². The molecule has 3 rings (SSSR count). The molecule has 0 bridgehead atoms. The Balaban J connectivity index is 1.62. The van der Waals surface area contributed by atoms with Crippen LogP contribution in [0.5, 0.6) is 0 Å². The molecule has 19 heavy (non-hydrogen) atoms. The van der Waals surface area contributed by atoms with Gasteiger partial charge in [0.05, 0.1) is 0 Å². The number of halogens is 2. The molecular weight excluding hydrogens is 244 g/mol. The highest BCUT2D eigenvalue weighted by atomic mass is 19.1. The Bertz CT molecular complexity index is 420. The van der Waals surface area contributed by atoms with Crippen LogP contribution in [0.2, 0.25) is 0 Å². The summed E-state index contributed by atoms with van der Waals surface area (Å²) in [5.74, 6) is 0.756. The van der Waals surface area contributed by atoms with Gasteiger partial charge in [0.2, 0.25) is 0 Å². The lowest BCUT2D eigenvalue weighted by Crippen LogP contribution is -2.40. The van der Waals surface area contributed by atoms with Gasteiger partial charge in [-0.05, 0) is 63.0 Å². The lowest BCUT2D eigenvalue weighted by Gasteiger charge is -2.23. The van der Waals surface area contributed by atoms with Gasteiger partial charge in [-0.15, -0.1) is 0 Å². The van der Waals surface area contributed by atoms with Crippen molar-refractivity contribution in [1.82, 2.24) is 5.32 Å². The minimum absolute atomic E-state index is 0.123. The van der Waals surface area contributed by atoms with Crippen LogP contribution in [0.15, 0.2) is 18.2 Å². The van der Waals surface area contributed by atoms with Crippen LogP contribution in [0.25, 0.3) is 0 Å². The number of hydrogen-bond acceptors (Lipinski definition) is 1. The van der Waals surface area contributed by atoms with Crippen LogP contribution >= 0.6 is 0 Å². The Hall–Kier alpha value is -0.960. The van der Waals surface area contributed by atoms with Crippen LogP contribution in [-0.2, 0) is 6.42 Å². The van der Waals surface area contributed by atoms with E-state index in [0.29, 0.717) is 12.5 Å². The first kappa shape index (κ1) is 13.0. The minimum Gasteiger partial charge on any atom is -0.311 e. The number of hydrogen-bond donors (Lipinski definition) is 1. The van der Waals surface area contributed by atoms with E-state index in [0.717, 1.165) is 11.8 Å². The lowest BCUT2D eigenvalue weighted by atomic mass is 10.0. The number of rotatable bonds is 6. The van der Waals surface area contributed by atoms with E-state index in [2.05, 4.69) is 5.32 Å². The second kappa shape index (κ2) is 5.20. The Morgan fingerprint density at radius 2 is 1.63 bits per heavy atom. The maximum atomic E-state index is 13.6. The van der Waals surface area contributed by atoms with Gasteiger partial charge in [0.15, 0.2) is 0 Å². The van der Waals surface area contributed by atoms with E-state index in [1.165, 1.54) is 43.9 Å². The second-order valence-electron chi connectivity index (χ2n) is 6.17. The summed E-state index contributed by atoms with van der Waals surface area (Å²) < 4.78 is 27.2. The van der Waals surface area contributed by atoms with Crippen molar-refractivity contribution in [3.63, 3.8) is 0 Å². The third-order valence-electron chi connectivity index (χ3n) is 4.31. The molecular formula is C16H21F2N. The Morgan fingerprint density at radius 3 is 2.11 bits per heavy atom. The average molecular weight is 265 g/mol. The zero-order valence-electron chi connectivity index (χ0n) is 11.3. The third-order valence-corrected chi connectivity index (χ3v) is 4.31.